The molecule has 0 atom stereocenters. The van der Waals surface area contributed by atoms with Crippen molar-refractivity contribution in [1.82, 2.24) is 14.9 Å². The lowest BCUT2D eigenvalue weighted by Gasteiger charge is -2.01. The van der Waals surface area contributed by atoms with Crippen molar-refractivity contribution >= 4 is 5.91 Å². The van der Waals surface area contributed by atoms with E-state index in [4.69, 9.17) is 8.83 Å². The van der Waals surface area contributed by atoms with Gasteiger partial charge in [0.15, 0.2) is 5.76 Å². The molecule has 6 heteroatoms. The molecule has 0 bridgehead atoms. The van der Waals surface area contributed by atoms with Crippen LogP contribution < -0.4 is 5.32 Å². The summed E-state index contributed by atoms with van der Waals surface area (Å²) in [6.07, 6.45) is 5.23. The van der Waals surface area contributed by atoms with Crippen LogP contribution in [0.25, 0.3) is 11.3 Å². The standard InChI is InChI=1S/C20H17N3O3/c24-20(19-9-7-17(26-19)13-23-11-10-21-14-23)22-12-16-6-8-18(25-16)15-4-2-1-3-5-15/h1-11,14H,12-13H2,(H,22,24). The third-order valence-corrected chi connectivity index (χ3v) is 3.93. The molecule has 3 heterocycles. The van der Waals surface area contributed by atoms with E-state index in [9.17, 15) is 4.79 Å². The second kappa shape index (κ2) is 7.14. The van der Waals surface area contributed by atoms with Gasteiger partial charge < -0.3 is 18.7 Å². The predicted molar refractivity (Wildman–Crippen MR) is 95.4 cm³/mol. The van der Waals surface area contributed by atoms with Crippen molar-refractivity contribution in [1.29, 1.82) is 0 Å². The Labute approximate surface area is 150 Å². The van der Waals surface area contributed by atoms with Gasteiger partial charge in [0, 0.05) is 18.0 Å². The SMILES string of the molecule is O=C(NCc1ccc(-c2ccccc2)o1)c1ccc(Cn2ccnc2)o1. The van der Waals surface area contributed by atoms with Gasteiger partial charge >= 0.3 is 0 Å². The first-order valence-electron chi connectivity index (χ1n) is 8.25. The molecule has 4 rings (SSSR count). The van der Waals surface area contributed by atoms with Gasteiger partial charge in [-0.15, -0.1) is 0 Å². The Morgan fingerprint density at radius 3 is 2.65 bits per heavy atom. The molecule has 1 N–H and O–H groups in total. The summed E-state index contributed by atoms with van der Waals surface area (Å²) in [6.45, 7) is 0.828. The van der Waals surface area contributed by atoms with E-state index in [0.717, 1.165) is 11.3 Å². The van der Waals surface area contributed by atoms with E-state index >= 15 is 0 Å². The quantitative estimate of drug-likeness (QED) is 0.577. The average Bonchev–Trinajstić information content (AvgIpc) is 3.43. The molecule has 0 aliphatic carbocycles. The molecule has 0 unspecified atom stereocenters. The highest BCUT2D eigenvalue weighted by Gasteiger charge is 2.12. The molecule has 0 fully saturated rings. The first kappa shape index (κ1) is 16.0. The molecular weight excluding hydrogens is 330 g/mol. The lowest BCUT2D eigenvalue weighted by molar-refractivity contribution is 0.0918. The second-order valence-corrected chi connectivity index (χ2v) is 5.82. The topological polar surface area (TPSA) is 73.2 Å². The molecule has 1 amide bonds. The third-order valence-electron chi connectivity index (χ3n) is 3.93. The van der Waals surface area contributed by atoms with Crippen molar-refractivity contribution in [3.63, 3.8) is 0 Å². The predicted octanol–water partition coefficient (Wildman–Crippen LogP) is 3.71. The molecule has 130 valence electrons. The number of carbonyl (C=O) groups is 1. The van der Waals surface area contributed by atoms with Crippen LogP contribution in [0.1, 0.15) is 22.1 Å². The highest BCUT2D eigenvalue weighted by Crippen LogP contribution is 2.21. The number of hydrogen-bond donors (Lipinski definition) is 1. The number of imidazole rings is 1. The van der Waals surface area contributed by atoms with Gasteiger partial charge in [-0.3, -0.25) is 4.79 Å². The van der Waals surface area contributed by atoms with Gasteiger partial charge in [0.25, 0.3) is 5.91 Å². The summed E-state index contributed by atoms with van der Waals surface area (Å²) in [5, 5.41) is 2.81. The number of benzene rings is 1. The molecule has 6 nitrogen and oxygen atoms in total. The summed E-state index contributed by atoms with van der Waals surface area (Å²) in [5.74, 6) is 2.14. The van der Waals surface area contributed by atoms with Crippen molar-refractivity contribution in [2.45, 2.75) is 13.1 Å². The Morgan fingerprint density at radius 2 is 1.85 bits per heavy atom. The van der Waals surface area contributed by atoms with Gasteiger partial charge in [0.05, 0.1) is 19.4 Å². The Hall–Kier alpha value is -3.54. The minimum Gasteiger partial charge on any atom is -0.459 e. The van der Waals surface area contributed by atoms with Gasteiger partial charge in [-0.1, -0.05) is 30.3 Å². The number of aromatic nitrogens is 2. The lowest BCUT2D eigenvalue weighted by atomic mass is 10.2. The van der Waals surface area contributed by atoms with Crippen LogP contribution in [-0.4, -0.2) is 15.5 Å². The van der Waals surface area contributed by atoms with E-state index in [2.05, 4.69) is 10.3 Å². The van der Waals surface area contributed by atoms with E-state index in [-0.39, 0.29) is 11.7 Å². The van der Waals surface area contributed by atoms with E-state index in [1.807, 2.05) is 53.2 Å². The van der Waals surface area contributed by atoms with Crippen LogP contribution in [0, 0.1) is 0 Å². The van der Waals surface area contributed by atoms with Crippen LogP contribution in [0.5, 0.6) is 0 Å². The molecule has 1 aromatic carbocycles. The molecule has 0 radical (unpaired) electrons. The zero-order valence-electron chi connectivity index (χ0n) is 14.0. The molecule has 3 aromatic heterocycles. The van der Waals surface area contributed by atoms with Crippen molar-refractivity contribution in [3.8, 4) is 11.3 Å². The van der Waals surface area contributed by atoms with Gasteiger partial charge in [-0.25, -0.2) is 4.98 Å². The summed E-state index contributed by atoms with van der Waals surface area (Å²) < 4.78 is 13.2. The zero-order valence-corrected chi connectivity index (χ0v) is 14.0. The number of carbonyl (C=O) groups excluding carboxylic acids is 1. The molecule has 26 heavy (non-hydrogen) atoms. The van der Waals surface area contributed by atoms with Crippen molar-refractivity contribution in [2.75, 3.05) is 0 Å². The van der Waals surface area contributed by atoms with Crippen LogP contribution in [0.4, 0.5) is 0 Å². The normalized spacial score (nSPS) is 10.8. The fraction of sp³-hybridized carbons (Fsp3) is 0.100. The fourth-order valence-electron chi connectivity index (χ4n) is 2.63. The number of nitrogens with zero attached hydrogens (tertiary/aromatic N) is 2. The van der Waals surface area contributed by atoms with Crippen molar-refractivity contribution in [3.05, 3.63) is 90.6 Å². The van der Waals surface area contributed by atoms with E-state index < -0.39 is 0 Å². The number of furan rings is 2. The van der Waals surface area contributed by atoms with Crippen LogP contribution in [0.15, 0.2) is 82.2 Å². The number of hydrogen-bond acceptors (Lipinski definition) is 4. The molecule has 0 saturated carbocycles. The summed E-state index contributed by atoms with van der Waals surface area (Å²) in [5.41, 5.74) is 1.00. The summed E-state index contributed by atoms with van der Waals surface area (Å²) in [6, 6.07) is 17.0. The molecular formula is C20H17N3O3. The number of rotatable bonds is 6. The first-order chi connectivity index (χ1) is 12.8. The Bertz CT molecular complexity index is 984. The Kier molecular flexibility index (Phi) is 4.38. The first-order valence-corrected chi connectivity index (χ1v) is 8.25. The van der Waals surface area contributed by atoms with Crippen LogP contribution in [0.3, 0.4) is 0 Å². The molecule has 4 aromatic rings. The lowest BCUT2D eigenvalue weighted by Crippen LogP contribution is -2.21. The summed E-state index contributed by atoms with van der Waals surface area (Å²) >= 11 is 0. The Morgan fingerprint density at radius 1 is 1.00 bits per heavy atom. The molecule has 0 saturated heterocycles. The maximum absolute atomic E-state index is 12.2. The maximum Gasteiger partial charge on any atom is 0.287 e. The van der Waals surface area contributed by atoms with Gasteiger partial charge in [0.2, 0.25) is 0 Å². The summed E-state index contributed by atoms with van der Waals surface area (Å²) in [4.78, 5) is 16.2. The van der Waals surface area contributed by atoms with Crippen LogP contribution in [-0.2, 0) is 13.1 Å². The van der Waals surface area contributed by atoms with Gasteiger partial charge in [-0.2, -0.15) is 0 Å². The van der Waals surface area contributed by atoms with Crippen LogP contribution in [0.2, 0.25) is 0 Å². The van der Waals surface area contributed by atoms with Gasteiger partial charge in [0.1, 0.15) is 17.3 Å². The number of nitrogens with one attached hydrogen (secondary N) is 1. The van der Waals surface area contributed by atoms with Crippen LogP contribution >= 0.6 is 0 Å². The molecule has 0 spiro atoms. The van der Waals surface area contributed by atoms with Gasteiger partial charge in [-0.05, 0) is 24.3 Å². The molecule has 0 aliphatic heterocycles. The van der Waals surface area contributed by atoms with Crippen molar-refractivity contribution in [2.24, 2.45) is 0 Å². The largest absolute Gasteiger partial charge is 0.459 e. The minimum absolute atomic E-state index is 0.273. The van der Waals surface area contributed by atoms with Crippen molar-refractivity contribution < 1.29 is 13.6 Å². The second-order valence-electron chi connectivity index (χ2n) is 5.82. The number of amides is 1. The highest BCUT2D eigenvalue weighted by molar-refractivity contribution is 5.91. The maximum atomic E-state index is 12.2. The Balaban J connectivity index is 1.36. The fourth-order valence-corrected chi connectivity index (χ4v) is 2.63. The van der Waals surface area contributed by atoms with E-state index in [1.54, 1.807) is 24.7 Å². The highest BCUT2D eigenvalue weighted by atomic mass is 16.4. The average molecular weight is 347 g/mol. The minimum atomic E-state index is -0.278. The van der Waals surface area contributed by atoms with E-state index in [0.29, 0.717) is 24.6 Å². The molecule has 0 aliphatic rings. The smallest absolute Gasteiger partial charge is 0.287 e. The van der Waals surface area contributed by atoms with E-state index in [1.165, 1.54) is 0 Å². The zero-order chi connectivity index (χ0) is 17.8. The monoisotopic (exact) mass is 347 g/mol. The third kappa shape index (κ3) is 3.59. The summed E-state index contributed by atoms with van der Waals surface area (Å²) in [7, 11) is 0.